The van der Waals surface area contributed by atoms with Gasteiger partial charge in [0.15, 0.2) is 5.82 Å². The number of hydrogen-bond acceptors (Lipinski definition) is 6. The number of methoxy groups -OCH3 is 1. The van der Waals surface area contributed by atoms with Crippen LogP contribution in [-0.4, -0.2) is 57.3 Å². The third kappa shape index (κ3) is 3.39. The number of carbonyl (C=O) groups excluding carboxylic acids is 1. The zero-order valence-corrected chi connectivity index (χ0v) is 14.9. The number of para-hydroxylation sites is 1. The van der Waals surface area contributed by atoms with E-state index in [0.29, 0.717) is 24.5 Å². The summed E-state index contributed by atoms with van der Waals surface area (Å²) in [7, 11) is 1.65. The van der Waals surface area contributed by atoms with E-state index < -0.39 is 0 Å². The Morgan fingerprint density at radius 2 is 2.15 bits per heavy atom. The first-order valence-corrected chi connectivity index (χ1v) is 8.73. The minimum Gasteiger partial charge on any atom is -0.496 e. The van der Waals surface area contributed by atoms with Crippen molar-refractivity contribution in [3.63, 3.8) is 0 Å². The number of rotatable bonds is 4. The summed E-state index contributed by atoms with van der Waals surface area (Å²) >= 11 is 0. The Bertz CT molecular complexity index is 910. The number of nitrogens with one attached hydrogen (secondary N) is 1. The molecule has 0 bridgehead atoms. The van der Waals surface area contributed by atoms with Crippen molar-refractivity contribution in [2.24, 2.45) is 0 Å². The normalized spacial score (nSPS) is 16.9. The first kappa shape index (κ1) is 17.2. The van der Waals surface area contributed by atoms with Gasteiger partial charge in [-0.3, -0.25) is 4.79 Å². The molecule has 0 spiro atoms. The third-order valence-electron chi connectivity index (χ3n) is 4.65. The highest BCUT2D eigenvalue weighted by molar-refractivity contribution is 5.94. The average Bonchev–Trinajstić information content (AvgIpc) is 3.28. The van der Waals surface area contributed by atoms with Gasteiger partial charge in [-0.25, -0.2) is 14.6 Å². The monoisotopic (exact) mass is 364 g/mol. The van der Waals surface area contributed by atoms with Gasteiger partial charge in [0.2, 0.25) is 0 Å². The largest absolute Gasteiger partial charge is 0.496 e. The molecule has 1 fully saturated rings. The molecule has 1 aromatic carbocycles. The van der Waals surface area contributed by atoms with Gasteiger partial charge in [-0.05, 0) is 18.2 Å². The summed E-state index contributed by atoms with van der Waals surface area (Å²) < 4.78 is 7.05. The summed E-state index contributed by atoms with van der Waals surface area (Å²) in [6.07, 6.45) is 4.60. The van der Waals surface area contributed by atoms with Crippen LogP contribution in [0.15, 0.2) is 55.2 Å². The lowest BCUT2D eigenvalue weighted by Crippen LogP contribution is -2.48. The van der Waals surface area contributed by atoms with Crippen LogP contribution in [0.25, 0.3) is 5.82 Å². The number of nitrogens with zero attached hydrogens (tertiary/aromatic N) is 5. The molecule has 0 radical (unpaired) electrons. The van der Waals surface area contributed by atoms with E-state index in [1.165, 1.54) is 6.33 Å². The van der Waals surface area contributed by atoms with Crippen molar-refractivity contribution < 1.29 is 9.53 Å². The van der Waals surface area contributed by atoms with Crippen molar-refractivity contribution >= 4 is 5.91 Å². The van der Waals surface area contributed by atoms with Crippen LogP contribution in [0.4, 0.5) is 0 Å². The standard InChI is InChI=1S/C19H20N6O2/c1-27-17-5-3-2-4-15(17)16-11-20-8-9-24(16)19(26)14-6-7-18(22-10-14)25-13-21-12-23-25/h2-7,10,12-13,16,20H,8-9,11H2,1H3. The number of aromatic nitrogens is 4. The maximum Gasteiger partial charge on any atom is 0.256 e. The van der Waals surface area contributed by atoms with Crippen molar-refractivity contribution in [3.05, 3.63) is 66.4 Å². The topological polar surface area (TPSA) is 85.2 Å². The maximum atomic E-state index is 13.2. The number of carbonyl (C=O) groups is 1. The molecule has 4 rings (SSSR count). The Labute approximate surface area is 156 Å². The van der Waals surface area contributed by atoms with Gasteiger partial charge in [0.1, 0.15) is 18.4 Å². The van der Waals surface area contributed by atoms with Gasteiger partial charge >= 0.3 is 0 Å². The van der Waals surface area contributed by atoms with E-state index in [2.05, 4.69) is 20.4 Å². The highest BCUT2D eigenvalue weighted by atomic mass is 16.5. The van der Waals surface area contributed by atoms with Crippen molar-refractivity contribution in [2.45, 2.75) is 6.04 Å². The molecule has 3 heterocycles. The molecule has 0 aliphatic carbocycles. The minimum atomic E-state index is -0.0996. The second-order valence-electron chi connectivity index (χ2n) is 6.21. The lowest BCUT2D eigenvalue weighted by molar-refractivity contribution is 0.0631. The summed E-state index contributed by atoms with van der Waals surface area (Å²) in [4.78, 5) is 23.3. The molecule has 2 aromatic heterocycles. The van der Waals surface area contributed by atoms with Gasteiger partial charge in [0.05, 0.1) is 18.7 Å². The molecule has 3 aromatic rings. The first-order valence-electron chi connectivity index (χ1n) is 8.73. The van der Waals surface area contributed by atoms with Crippen LogP contribution in [0.5, 0.6) is 5.75 Å². The van der Waals surface area contributed by atoms with E-state index in [1.54, 1.807) is 36.4 Å². The summed E-state index contributed by atoms with van der Waals surface area (Å²) in [5, 5.41) is 7.41. The molecular formula is C19H20N6O2. The summed E-state index contributed by atoms with van der Waals surface area (Å²) in [5.74, 6) is 1.35. The molecule has 138 valence electrons. The molecule has 8 nitrogen and oxygen atoms in total. The number of hydrogen-bond donors (Lipinski definition) is 1. The van der Waals surface area contributed by atoms with Crippen LogP contribution in [0.2, 0.25) is 0 Å². The molecular weight excluding hydrogens is 344 g/mol. The fraction of sp³-hybridized carbons (Fsp3) is 0.263. The van der Waals surface area contributed by atoms with E-state index in [1.807, 2.05) is 29.2 Å². The zero-order chi connectivity index (χ0) is 18.6. The lowest BCUT2D eigenvalue weighted by atomic mass is 10.0. The summed E-state index contributed by atoms with van der Waals surface area (Å²) in [5.41, 5.74) is 1.54. The molecule has 1 atom stereocenters. The fourth-order valence-electron chi connectivity index (χ4n) is 3.31. The fourth-order valence-corrected chi connectivity index (χ4v) is 3.31. The lowest BCUT2D eigenvalue weighted by Gasteiger charge is -2.37. The van der Waals surface area contributed by atoms with Gasteiger partial charge in [-0.2, -0.15) is 5.10 Å². The second-order valence-corrected chi connectivity index (χ2v) is 6.21. The predicted molar refractivity (Wildman–Crippen MR) is 98.8 cm³/mol. The van der Waals surface area contributed by atoms with E-state index in [9.17, 15) is 4.79 Å². The predicted octanol–water partition coefficient (Wildman–Crippen LogP) is 1.46. The zero-order valence-electron chi connectivity index (χ0n) is 14.9. The minimum absolute atomic E-state index is 0.0509. The molecule has 1 aliphatic heterocycles. The third-order valence-corrected chi connectivity index (χ3v) is 4.65. The quantitative estimate of drug-likeness (QED) is 0.754. The van der Waals surface area contributed by atoms with E-state index >= 15 is 0 Å². The Hall–Kier alpha value is -3.26. The highest BCUT2D eigenvalue weighted by Gasteiger charge is 2.30. The van der Waals surface area contributed by atoms with E-state index in [-0.39, 0.29) is 11.9 Å². The number of piperazine rings is 1. The number of ether oxygens (including phenoxy) is 1. The molecule has 1 saturated heterocycles. The molecule has 1 amide bonds. The molecule has 27 heavy (non-hydrogen) atoms. The van der Waals surface area contributed by atoms with Crippen LogP contribution >= 0.6 is 0 Å². The van der Waals surface area contributed by atoms with Crippen LogP contribution in [-0.2, 0) is 0 Å². The Kier molecular flexibility index (Phi) is 4.80. The smallest absolute Gasteiger partial charge is 0.256 e. The van der Waals surface area contributed by atoms with Crippen molar-refractivity contribution in [1.29, 1.82) is 0 Å². The van der Waals surface area contributed by atoms with E-state index in [4.69, 9.17) is 4.74 Å². The van der Waals surface area contributed by atoms with Crippen LogP contribution in [0.3, 0.4) is 0 Å². The second kappa shape index (κ2) is 7.55. The van der Waals surface area contributed by atoms with Crippen molar-refractivity contribution in [1.82, 2.24) is 30.0 Å². The molecule has 1 N–H and O–H groups in total. The SMILES string of the molecule is COc1ccccc1C1CNCCN1C(=O)c1ccc(-n2cncn2)nc1. The summed E-state index contributed by atoms with van der Waals surface area (Å²) in [6, 6.07) is 11.2. The van der Waals surface area contributed by atoms with Gasteiger partial charge in [0, 0.05) is 31.4 Å². The van der Waals surface area contributed by atoms with E-state index in [0.717, 1.165) is 17.9 Å². The average molecular weight is 364 g/mol. The highest BCUT2D eigenvalue weighted by Crippen LogP contribution is 2.31. The summed E-state index contributed by atoms with van der Waals surface area (Å²) in [6.45, 7) is 2.05. The molecule has 1 unspecified atom stereocenters. The van der Waals surface area contributed by atoms with Gasteiger partial charge < -0.3 is 15.0 Å². The number of pyridine rings is 1. The van der Waals surface area contributed by atoms with Crippen LogP contribution in [0, 0.1) is 0 Å². The van der Waals surface area contributed by atoms with Crippen LogP contribution in [0.1, 0.15) is 22.0 Å². The molecule has 0 saturated carbocycles. The van der Waals surface area contributed by atoms with Gasteiger partial charge in [-0.15, -0.1) is 0 Å². The maximum absolute atomic E-state index is 13.2. The Morgan fingerprint density at radius 3 is 2.89 bits per heavy atom. The van der Waals surface area contributed by atoms with Crippen molar-refractivity contribution in [2.75, 3.05) is 26.7 Å². The van der Waals surface area contributed by atoms with Crippen LogP contribution < -0.4 is 10.1 Å². The first-order chi connectivity index (χ1) is 13.3. The molecule has 1 aliphatic rings. The number of benzene rings is 1. The van der Waals surface area contributed by atoms with Gasteiger partial charge in [-0.1, -0.05) is 18.2 Å². The molecule has 8 heteroatoms. The van der Waals surface area contributed by atoms with Gasteiger partial charge in [0.25, 0.3) is 5.91 Å². The number of amides is 1. The Balaban J connectivity index is 1.61. The Morgan fingerprint density at radius 1 is 1.26 bits per heavy atom. The van der Waals surface area contributed by atoms with Crippen molar-refractivity contribution in [3.8, 4) is 11.6 Å².